The van der Waals surface area contributed by atoms with Gasteiger partial charge in [-0.25, -0.2) is 4.98 Å². The molecule has 0 saturated heterocycles. The lowest BCUT2D eigenvalue weighted by atomic mass is 9.95. The summed E-state index contributed by atoms with van der Waals surface area (Å²) in [5, 5.41) is 42.4. The van der Waals surface area contributed by atoms with Crippen molar-refractivity contribution in [1.29, 1.82) is 10.5 Å². The van der Waals surface area contributed by atoms with Gasteiger partial charge in [-0.1, -0.05) is 152 Å². The van der Waals surface area contributed by atoms with E-state index in [9.17, 15) is 20.3 Å². The number of fused-ring (bicyclic) bond motifs is 5. The number of aliphatic hydroxyl groups is 2. The van der Waals surface area contributed by atoms with Gasteiger partial charge in [-0.3, -0.25) is 24.7 Å². The highest BCUT2D eigenvalue weighted by molar-refractivity contribution is 9.11. The molecule has 5 aliphatic rings. The molecule has 0 radical (unpaired) electrons. The number of carbonyl (C=O) groups is 1. The number of halogens is 6. The van der Waals surface area contributed by atoms with Crippen LogP contribution in [0.2, 0.25) is 5.15 Å². The molecule has 11 nitrogen and oxygen atoms in total. The molecule has 3 unspecified atom stereocenters. The van der Waals surface area contributed by atoms with Crippen LogP contribution in [0.4, 0.5) is 0 Å². The molecular formula is C76H68Br5ClN8O3. The topological polar surface area (TPSA) is 182 Å². The highest BCUT2D eigenvalue weighted by Crippen LogP contribution is 2.32. The lowest BCUT2D eigenvalue weighted by Crippen LogP contribution is -2.05. The van der Waals surface area contributed by atoms with E-state index in [0.29, 0.717) is 28.5 Å². The fourth-order valence-electron chi connectivity index (χ4n) is 11.8. The van der Waals surface area contributed by atoms with Crippen LogP contribution in [0.25, 0.3) is 0 Å². The molecule has 5 aromatic heterocycles. The van der Waals surface area contributed by atoms with Crippen molar-refractivity contribution in [3.63, 3.8) is 0 Å². The number of pyridine rings is 5. The van der Waals surface area contributed by atoms with Crippen molar-refractivity contribution in [2.45, 2.75) is 115 Å². The van der Waals surface area contributed by atoms with Crippen LogP contribution in [0.3, 0.4) is 0 Å². The molecule has 3 atom stereocenters. The number of carbonyl (C=O) groups excluding carboxylic acids is 1. The molecule has 17 heteroatoms. The summed E-state index contributed by atoms with van der Waals surface area (Å²) in [6.45, 7) is 1.73. The van der Waals surface area contributed by atoms with E-state index in [-0.39, 0.29) is 13.1 Å². The molecule has 472 valence electrons. The number of aliphatic hydroxyl groups excluding tert-OH is 2. The summed E-state index contributed by atoms with van der Waals surface area (Å²) in [4.78, 5) is 33.9. The average Bonchev–Trinajstić information content (AvgIpc) is 1.70. The number of ketones is 1. The Morgan fingerprint density at radius 2 is 0.871 bits per heavy atom. The summed E-state index contributed by atoms with van der Waals surface area (Å²) in [6, 6.07) is 53.0. The molecule has 15 rings (SSSR count). The van der Waals surface area contributed by atoms with E-state index < -0.39 is 12.2 Å². The van der Waals surface area contributed by atoms with Crippen LogP contribution in [0.15, 0.2) is 205 Å². The van der Waals surface area contributed by atoms with E-state index in [4.69, 9.17) is 16.9 Å². The Hall–Kier alpha value is -6.93. The normalized spacial score (nSPS) is 14.2. The highest BCUT2D eigenvalue weighted by Gasteiger charge is 2.22. The number of rotatable bonds is 9. The van der Waals surface area contributed by atoms with Gasteiger partial charge in [-0.15, -0.1) is 0 Å². The van der Waals surface area contributed by atoms with Gasteiger partial charge in [0.1, 0.15) is 29.0 Å². The number of aromatic nitrogens is 5. The monoisotopic (exact) mass is 1570 g/mol. The fraction of sp³-hybridized carbons (Fsp3) is 0.237. The first kappa shape index (κ1) is 68.9. The Morgan fingerprint density at radius 1 is 0.462 bits per heavy atom. The fourth-order valence-corrected chi connectivity index (χ4v) is 14.1. The van der Waals surface area contributed by atoms with Crippen molar-refractivity contribution in [2.24, 2.45) is 0 Å². The number of hydrogen-bond acceptors (Lipinski definition) is 11. The SMILES string of the molecule is Clc1cc2c(cn1)CCC2.N#CC(c1cccc(Br)c1)c1cc2c(cn1)CCC2.N#CCc1cccc(Br)c1.O=C(c1cccc(Br)c1)c1cc2c(cn1)CCC2.OC(c1cccc(Br)c1)c1cc2c(cn1)CCC2.OC(c1cccc(Br)c1)c1cc2c(cn1)CNC2.[2HH]. The summed E-state index contributed by atoms with van der Waals surface area (Å²) in [5.74, 6) is -0.297. The maximum atomic E-state index is 12.3. The number of aryl methyl sites for hydroxylation is 8. The minimum Gasteiger partial charge on any atom is -0.382 e. The second-order valence-corrected chi connectivity index (χ2v) is 28.1. The van der Waals surface area contributed by atoms with Crippen LogP contribution in [-0.2, 0) is 70.9 Å². The summed E-state index contributed by atoms with van der Waals surface area (Å²) in [7, 11) is 0. The van der Waals surface area contributed by atoms with Gasteiger partial charge in [0.25, 0.3) is 0 Å². The van der Waals surface area contributed by atoms with Crippen LogP contribution in [0.1, 0.15) is 156 Å². The minimum absolute atomic E-state index is 0. The number of nitrogens with zero attached hydrogens (tertiary/aromatic N) is 7. The maximum Gasteiger partial charge on any atom is 0.211 e. The zero-order chi connectivity index (χ0) is 65.2. The second kappa shape index (κ2) is 34.0. The minimum atomic E-state index is -0.673. The van der Waals surface area contributed by atoms with E-state index in [1.54, 1.807) is 0 Å². The average molecular weight is 1580 g/mol. The molecule has 4 aliphatic carbocycles. The Bertz CT molecular complexity index is 4270. The molecule has 1 aliphatic heterocycles. The van der Waals surface area contributed by atoms with E-state index >= 15 is 0 Å². The molecule has 0 fully saturated rings. The van der Waals surface area contributed by atoms with Crippen molar-refractivity contribution in [2.75, 3.05) is 0 Å². The van der Waals surface area contributed by atoms with Crippen molar-refractivity contribution in [3.05, 3.63) is 316 Å². The molecule has 5 aromatic carbocycles. The third kappa shape index (κ3) is 19.2. The first-order valence-corrected chi connectivity index (χ1v) is 35.2. The van der Waals surface area contributed by atoms with Gasteiger partial charge in [0.15, 0.2) is 0 Å². The number of benzene rings is 5. The summed E-state index contributed by atoms with van der Waals surface area (Å²) in [5.41, 5.74) is 20.5. The van der Waals surface area contributed by atoms with Crippen LogP contribution in [0, 0.1) is 22.7 Å². The predicted molar refractivity (Wildman–Crippen MR) is 386 cm³/mol. The summed E-state index contributed by atoms with van der Waals surface area (Å²) < 4.78 is 4.86. The maximum absolute atomic E-state index is 12.3. The van der Waals surface area contributed by atoms with Gasteiger partial charge >= 0.3 is 0 Å². The van der Waals surface area contributed by atoms with Gasteiger partial charge in [0.05, 0.1) is 35.6 Å². The lowest BCUT2D eigenvalue weighted by molar-refractivity contribution is 0.103. The lowest BCUT2D eigenvalue weighted by Gasteiger charge is -2.12. The third-order valence-electron chi connectivity index (χ3n) is 16.6. The Balaban J connectivity index is 0.000000135. The van der Waals surface area contributed by atoms with Crippen molar-refractivity contribution < 1.29 is 16.4 Å². The largest absolute Gasteiger partial charge is 0.382 e. The highest BCUT2D eigenvalue weighted by atomic mass is 79.9. The first-order valence-electron chi connectivity index (χ1n) is 30.9. The Labute approximate surface area is 592 Å². The smallest absolute Gasteiger partial charge is 0.211 e. The van der Waals surface area contributed by atoms with Crippen molar-refractivity contribution in [1.82, 2.24) is 30.2 Å². The van der Waals surface area contributed by atoms with Crippen LogP contribution >= 0.6 is 91.3 Å². The van der Waals surface area contributed by atoms with E-state index in [1.807, 2.05) is 177 Å². The second-order valence-electron chi connectivity index (χ2n) is 23.1. The van der Waals surface area contributed by atoms with Gasteiger partial charge in [0.2, 0.25) is 5.78 Å². The molecule has 0 spiro atoms. The van der Waals surface area contributed by atoms with E-state index in [2.05, 4.69) is 128 Å². The number of hydrogen-bond donors (Lipinski definition) is 3. The molecule has 0 saturated carbocycles. The molecule has 6 heterocycles. The molecule has 10 aromatic rings. The Morgan fingerprint density at radius 3 is 1.40 bits per heavy atom. The third-order valence-corrected chi connectivity index (χ3v) is 19.3. The van der Waals surface area contributed by atoms with Gasteiger partial charge in [-0.05, 0) is 246 Å². The zero-order valence-corrected chi connectivity index (χ0v) is 59.5. The quantitative estimate of drug-likeness (QED) is 0.0924. The molecule has 0 amide bonds. The Kier molecular flexibility index (Phi) is 25.2. The van der Waals surface area contributed by atoms with Crippen LogP contribution < -0.4 is 5.32 Å². The first-order chi connectivity index (χ1) is 45.2. The molecule has 3 N–H and O–H groups in total. The predicted octanol–water partition coefficient (Wildman–Crippen LogP) is 18.5. The standard InChI is InChI=1S/C16H13BrN2.C15H14BrNO.C15H12BrNO.C14H13BrN2O.C8H6BrN.C8H8ClN.H2/c17-14-6-2-4-12(7-14)15(9-18)16-8-11-3-1-5-13(11)10-19-16;2*16-13-6-2-4-11(7-13)15(18)14-8-10-3-1-5-12(10)9-17-14;15-12-3-1-2-9(4-12)14(18)13-5-10-6-16-7-11(10)8-17-13;9-8-3-1-2-7(6-8)4-5-10;9-8-4-6-2-1-3-7(6)5-10-8;/h2,4,6-8,10,15H,1,3,5H2;2,4,6-9,15,18H,1,3,5H2;2,4,6-9H,1,3,5H2;1-5,8,14,16,18H,6-7H2;1-3,6H,4H2;4-5H,1-3H2;1H/i;;;;;;1+1. The van der Waals surface area contributed by atoms with E-state index in [0.717, 1.165) is 108 Å². The van der Waals surface area contributed by atoms with Crippen LogP contribution in [0.5, 0.6) is 0 Å². The zero-order valence-electron chi connectivity index (χ0n) is 50.9. The summed E-state index contributed by atoms with van der Waals surface area (Å²) in [6.07, 6.45) is 22.4. The van der Waals surface area contributed by atoms with Crippen molar-refractivity contribution >= 4 is 97.0 Å². The van der Waals surface area contributed by atoms with Crippen LogP contribution in [-0.4, -0.2) is 40.9 Å². The van der Waals surface area contributed by atoms with Gasteiger partial charge in [0, 0.05) is 73.4 Å². The van der Waals surface area contributed by atoms with Gasteiger partial charge in [-0.2, -0.15) is 10.5 Å². The number of nitriles is 2. The summed E-state index contributed by atoms with van der Waals surface area (Å²) >= 11 is 22.7. The van der Waals surface area contributed by atoms with Crippen molar-refractivity contribution in [3.8, 4) is 12.1 Å². The molecular weight excluding hydrogens is 1510 g/mol. The number of nitrogens with one attached hydrogen (secondary N) is 1. The molecule has 93 heavy (non-hydrogen) atoms. The molecule has 0 bridgehead atoms. The van der Waals surface area contributed by atoms with E-state index in [1.165, 1.54) is 94.2 Å². The van der Waals surface area contributed by atoms with Gasteiger partial charge < -0.3 is 15.5 Å².